The van der Waals surface area contributed by atoms with Crippen molar-refractivity contribution in [2.45, 2.75) is 13.3 Å². The molecule has 1 heterocycles. The van der Waals surface area contributed by atoms with Crippen molar-refractivity contribution in [2.75, 3.05) is 5.32 Å². The Kier molecular flexibility index (Phi) is 3.59. The lowest BCUT2D eigenvalue weighted by Crippen LogP contribution is -2.05. The number of fused-ring (bicyclic) bond motifs is 1. The lowest BCUT2D eigenvalue weighted by atomic mass is 9.97. The van der Waals surface area contributed by atoms with E-state index in [2.05, 4.69) is 21.2 Å². The smallest absolute Gasteiger partial charge is 0.228 e. The number of ketones is 1. The molecule has 21 heavy (non-hydrogen) atoms. The van der Waals surface area contributed by atoms with E-state index in [9.17, 15) is 9.59 Å². The molecule has 5 heteroatoms. The fourth-order valence-electron chi connectivity index (χ4n) is 2.42. The number of benzene rings is 2. The van der Waals surface area contributed by atoms with Gasteiger partial charge in [-0.2, -0.15) is 0 Å². The van der Waals surface area contributed by atoms with Crippen molar-refractivity contribution >= 4 is 44.9 Å². The molecule has 106 valence electrons. The monoisotopic (exact) mass is 363 g/mol. The van der Waals surface area contributed by atoms with Crippen molar-refractivity contribution in [3.63, 3.8) is 0 Å². The van der Waals surface area contributed by atoms with Crippen LogP contribution in [-0.2, 0) is 11.2 Å². The van der Waals surface area contributed by atoms with Gasteiger partial charge in [0.25, 0.3) is 0 Å². The fraction of sp³-hybridized carbons (Fsp3) is 0.125. The Morgan fingerprint density at radius 3 is 2.81 bits per heavy atom. The molecule has 1 amide bonds. The minimum atomic E-state index is -0.138. The molecule has 0 spiro atoms. The number of hydrogen-bond donors (Lipinski definition) is 1. The van der Waals surface area contributed by atoms with Crippen LogP contribution in [0, 0.1) is 6.92 Å². The van der Waals surface area contributed by atoms with E-state index in [1.807, 2.05) is 19.1 Å². The molecule has 0 saturated heterocycles. The van der Waals surface area contributed by atoms with Gasteiger partial charge in [0, 0.05) is 21.3 Å². The Morgan fingerprint density at radius 2 is 2.05 bits per heavy atom. The topological polar surface area (TPSA) is 46.2 Å². The summed E-state index contributed by atoms with van der Waals surface area (Å²) in [5.41, 5.74) is 3.39. The summed E-state index contributed by atoms with van der Waals surface area (Å²) >= 11 is 9.63. The maximum absolute atomic E-state index is 12.7. The SMILES string of the molecule is Cc1c(Br)cccc1C(=O)c1cc2c(cc1Cl)NC(=O)C2. The third-order valence-electron chi connectivity index (χ3n) is 3.57. The molecule has 0 unspecified atom stereocenters. The Hall–Kier alpha value is -1.65. The van der Waals surface area contributed by atoms with Gasteiger partial charge in [-0.1, -0.05) is 39.7 Å². The van der Waals surface area contributed by atoms with E-state index in [4.69, 9.17) is 11.6 Å². The molecule has 0 saturated carbocycles. The number of halogens is 2. The highest BCUT2D eigenvalue weighted by Gasteiger charge is 2.23. The normalized spacial score (nSPS) is 13.0. The van der Waals surface area contributed by atoms with Gasteiger partial charge in [-0.25, -0.2) is 0 Å². The fourth-order valence-corrected chi connectivity index (χ4v) is 3.04. The standard InChI is InChI=1S/C16H11BrClNO2/c1-8-10(3-2-4-12(8)17)16(21)11-5-9-6-15(20)19-14(9)7-13(11)18/h2-5,7H,6H2,1H3,(H,19,20). The van der Waals surface area contributed by atoms with Crippen molar-refractivity contribution in [2.24, 2.45) is 0 Å². The molecule has 1 N–H and O–H groups in total. The van der Waals surface area contributed by atoms with Crippen molar-refractivity contribution in [3.8, 4) is 0 Å². The molecule has 1 aliphatic rings. The summed E-state index contributed by atoms with van der Waals surface area (Å²) in [6, 6.07) is 8.83. The van der Waals surface area contributed by atoms with Crippen molar-refractivity contribution < 1.29 is 9.59 Å². The van der Waals surface area contributed by atoms with Gasteiger partial charge < -0.3 is 5.32 Å². The van der Waals surface area contributed by atoms with Gasteiger partial charge in [0.1, 0.15) is 0 Å². The third-order valence-corrected chi connectivity index (χ3v) is 4.75. The number of anilines is 1. The maximum atomic E-state index is 12.7. The van der Waals surface area contributed by atoms with E-state index in [-0.39, 0.29) is 18.1 Å². The summed E-state index contributed by atoms with van der Waals surface area (Å²) in [4.78, 5) is 24.1. The number of amides is 1. The van der Waals surface area contributed by atoms with Crippen molar-refractivity contribution in [1.82, 2.24) is 0 Å². The number of rotatable bonds is 2. The molecule has 0 atom stereocenters. The second kappa shape index (κ2) is 5.28. The van der Waals surface area contributed by atoms with E-state index in [1.54, 1.807) is 18.2 Å². The summed E-state index contributed by atoms with van der Waals surface area (Å²) < 4.78 is 0.877. The van der Waals surface area contributed by atoms with E-state index >= 15 is 0 Å². The number of carbonyl (C=O) groups is 2. The van der Waals surface area contributed by atoms with Crippen LogP contribution in [0.3, 0.4) is 0 Å². The van der Waals surface area contributed by atoms with Gasteiger partial charge in [-0.15, -0.1) is 0 Å². The number of carbonyl (C=O) groups excluding carboxylic acids is 2. The zero-order chi connectivity index (χ0) is 15.1. The maximum Gasteiger partial charge on any atom is 0.228 e. The second-order valence-corrected chi connectivity index (χ2v) is 6.22. The number of nitrogens with one attached hydrogen (secondary N) is 1. The summed E-state index contributed by atoms with van der Waals surface area (Å²) in [6.45, 7) is 1.88. The largest absolute Gasteiger partial charge is 0.325 e. The van der Waals surface area contributed by atoms with Gasteiger partial charge >= 0.3 is 0 Å². The molecule has 2 aromatic rings. The van der Waals surface area contributed by atoms with Crippen LogP contribution in [0.15, 0.2) is 34.8 Å². The average Bonchev–Trinajstić information content (AvgIpc) is 2.79. The van der Waals surface area contributed by atoms with Gasteiger partial charge in [0.2, 0.25) is 5.91 Å². The Morgan fingerprint density at radius 1 is 1.29 bits per heavy atom. The quantitative estimate of drug-likeness (QED) is 0.814. The van der Waals surface area contributed by atoms with Crippen LogP contribution in [0.5, 0.6) is 0 Å². The highest BCUT2D eigenvalue weighted by atomic mass is 79.9. The number of hydrogen-bond acceptors (Lipinski definition) is 2. The van der Waals surface area contributed by atoms with Crippen LogP contribution in [0.2, 0.25) is 5.02 Å². The van der Waals surface area contributed by atoms with Crippen LogP contribution in [0.4, 0.5) is 5.69 Å². The average molecular weight is 365 g/mol. The molecule has 3 nitrogen and oxygen atoms in total. The highest BCUT2D eigenvalue weighted by molar-refractivity contribution is 9.10. The van der Waals surface area contributed by atoms with Crippen LogP contribution in [0.1, 0.15) is 27.0 Å². The van der Waals surface area contributed by atoms with Crippen molar-refractivity contribution in [3.05, 3.63) is 62.1 Å². The van der Waals surface area contributed by atoms with E-state index in [0.717, 1.165) is 15.6 Å². The first-order valence-corrected chi connectivity index (χ1v) is 7.56. The minimum Gasteiger partial charge on any atom is -0.325 e. The molecular weight excluding hydrogens is 354 g/mol. The predicted molar refractivity (Wildman–Crippen MR) is 86.1 cm³/mol. The first-order valence-electron chi connectivity index (χ1n) is 6.39. The first kappa shape index (κ1) is 14.3. The molecule has 0 bridgehead atoms. The van der Waals surface area contributed by atoms with Crippen LogP contribution >= 0.6 is 27.5 Å². The summed E-state index contributed by atoms with van der Waals surface area (Å²) in [7, 11) is 0. The minimum absolute atomic E-state index is 0.0794. The first-order chi connectivity index (χ1) is 9.97. The molecule has 0 radical (unpaired) electrons. The lowest BCUT2D eigenvalue weighted by molar-refractivity contribution is -0.115. The molecule has 0 aromatic heterocycles. The third kappa shape index (κ3) is 2.49. The summed E-state index contributed by atoms with van der Waals surface area (Å²) in [6.07, 6.45) is 0.282. The molecule has 2 aromatic carbocycles. The molecule has 1 aliphatic heterocycles. The van der Waals surface area contributed by atoms with Gasteiger partial charge in [-0.3, -0.25) is 9.59 Å². The van der Waals surface area contributed by atoms with Crippen LogP contribution in [-0.4, -0.2) is 11.7 Å². The summed E-state index contributed by atoms with van der Waals surface area (Å²) in [5.74, 6) is -0.217. The molecular formula is C16H11BrClNO2. The zero-order valence-corrected chi connectivity index (χ0v) is 13.5. The van der Waals surface area contributed by atoms with E-state index in [0.29, 0.717) is 21.8 Å². The Balaban J connectivity index is 2.09. The van der Waals surface area contributed by atoms with E-state index in [1.165, 1.54) is 0 Å². The predicted octanol–water partition coefficient (Wildman–Crippen LogP) is 4.14. The highest BCUT2D eigenvalue weighted by Crippen LogP contribution is 2.32. The van der Waals surface area contributed by atoms with Gasteiger partial charge in [0.15, 0.2) is 5.78 Å². The second-order valence-electron chi connectivity index (χ2n) is 4.96. The molecule has 3 rings (SSSR count). The van der Waals surface area contributed by atoms with Crippen LogP contribution in [0.25, 0.3) is 0 Å². The van der Waals surface area contributed by atoms with E-state index < -0.39 is 0 Å². The Labute approximate surface area is 135 Å². The van der Waals surface area contributed by atoms with Crippen LogP contribution < -0.4 is 5.32 Å². The lowest BCUT2D eigenvalue weighted by Gasteiger charge is -2.10. The van der Waals surface area contributed by atoms with Crippen molar-refractivity contribution in [1.29, 1.82) is 0 Å². The molecule has 0 aliphatic carbocycles. The Bertz CT molecular complexity index is 786. The van der Waals surface area contributed by atoms with Gasteiger partial charge in [0.05, 0.1) is 11.4 Å². The zero-order valence-electron chi connectivity index (χ0n) is 11.2. The molecule has 0 fully saturated rings. The van der Waals surface area contributed by atoms with Gasteiger partial charge in [-0.05, 0) is 36.2 Å². The summed E-state index contributed by atoms with van der Waals surface area (Å²) in [5, 5.41) is 3.07.